The Kier molecular flexibility index (Phi) is 2.80. The molecule has 0 N–H and O–H groups in total. The van der Waals surface area contributed by atoms with Gasteiger partial charge in [0.25, 0.3) is 0 Å². The number of hydrogen-bond donors (Lipinski definition) is 0. The van der Waals surface area contributed by atoms with Gasteiger partial charge in [0, 0.05) is 11.0 Å². The van der Waals surface area contributed by atoms with E-state index in [1.54, 1.807) is 6.33 Å². The minimum absolute atomic E-state index is 0.0271. The minimum Gasteiger partial charge on any atom is -0.479 e. The molecule has 0 radical (unpaired) electrons. The van der Waals surface area contributed by atoms with Crippen LogP contribution in [0.3, 0.4) is 0 Å². The molecule has 2 aromatic rings. The molecule has 0 saturated carbocycles. The molecule has 0 aromatic carbocycles. The summed E-state index contributed by atoms with van der Waals surface area (Å²) in [6, 6.07) is 0.193. The minimum atomic E-state index is 0.0271. The van der Waals surface area contributed by atoms with Gasteiger partial charge in [-0.05, 0) is 24.5 Å². The van der Waals surface area contributed by atoms with Crippen molar-refractivity contribution >= 4 is 17.1 Å². The maximum Gasteiger partial charge on any atom is 0.245 e. The summed E-state index contributed by atoms with van der Waals surface area (Å²) in [5.41, 5.74) is 9.55. The van der Waals surface area contributed by atoms with Crippen LogP contribution >= 0.6 is 0 Å². The third-order valence-corrected chi connectivity index (χ3v) is 2.26. The molecule has 88 valence electrons. The summed E-state index contributed by atoms with van der Waals surface area (Å²) >= 11 is 0. The fourth-order valence-corrected chi connectivity index (χ4v) is 1.48. The Bertz CT molecular complexity index is 597. The lowest BCUT2D eigenvalue weighted by Crippen LogP contribution is -2.00. The van der Waals surface area contributed by atoms with Gasteiger partial charge in [0.2, 0.25) is 11.8 Å². The zero-order valence-electron chi connectivity index (χ0n) is 9.69. The van der Waals surface area contributed by atoms with E-state index in [0.717, 1.165) is 0 Å². The molecule has 0 atom stereocenters. The fraction of sp³-hybridized carbons (Fsp3) is 0.444. The van der Waals surface area contributed by atoms with Crippen molar-refractivity contribution in [3.05, 3.63) is 16.8 Å². The van der Waals surface area contributed by atoms with Crippen molar-refractivity contribution < 1.29 is 4.74 Å². The molecule has 0 aliphatic heterocycles. The third-order valence-electron chi connectivity index (χ3n) is 2.26. The van der Waals surface area contributed by atoms with E-state index < -0.39 is 0 Å². The van der Waals surface area contributed by atoms with Crippen LogP contribution in [0.15, 0.2) is 11.4 Å². The summed E-state index contributed by atoms with van der Waals surface area (Å²) in [4.78, 5) is 14.9. The Balaban J connectivity index is 2.76. The average molecular weight is 233 g/mol. The molecule has 0 unspecified atom stereocenters. The summed E-state index contributed by atoms with van der Waals surface area (Å²) < 4.78 is 6.95. The van der Waals surface area contributed by atoms with E-state index in [1.165, 1.54) is 7.11 Å². The van der Waals surface area contributed by atoms with Gasteiger partial charge in [0.05, 0.1) is 13.4 Å². The number of methoxy groups -OCH3 is 1. The third kappa shape index (κ3) is 1.85. The molecular formula is C9H11N7O. The number of rotatable bonds is 3. The van der Waals surface area contributed by atoms with Gasteiger partial charge >= 0.3 is 0 Å². The summed E-state index contributed by atoms with van der Waals surface area (Å²) in [5, 5.41) is 3.38. The molecule has 0 fully saturated rings. The maximum atomic E-state index is 8.40. The predicted molar refractivity (Wildman–Crippen MR) is 61.1 cm³/mol. The molecule has 2 heterocycles. The highest BCUT2D eigenvalue weighted by Crippen LogP contribution is 2.25. The smallest absolute Gasteiger partial charge is 0.245 e. The van der Waals surface area contributed by atoms with E-state index in [1.807, 2.05) is 18.4 Å². The molecule has 8 heteroatoms. The molecular weight excluding hydrogens is 222 g/mol. The van der Waals surface area contributed by atoms with Crippen LogP contribution in [0.25, 0.3) is 21.6 Å². The highest BCUT2D eigenvalue weighted by molar-refractivity contribution is 5.77. The lowest BCUT2D eigenvalue weighted by molar-refractivity contribution is 0.402. The van der Waals surface area contributed by atoms with Crippen LogP contribution in [-0.2, 0) is 0 Å². The van der Waals surface area contributed by atoms with Gasteiger partial charge in [0.15, 0.2) is 11.2 Å². The van der Waals surface area contributed by atoms with Crippen LogP contribution in [-0.4, -0.2) is 26.6 Å². The first kappa shape index (κ1) is 11.2. The van der Waals surface area contributed by atoms with Gasteiger partial charge in [-0.25, -0.2) is 9.97 Å². The van der Waals surface area contributed by atoms with Gasteiger partial charge in [-0.15, -0.1) is 0 Å². The van der Waals surface area contributed by atoms with E-state index in [4.69, 9.17) is 10.3 Å². The Hall–Kier alpha value is -2.34. The molecule has 2 rings (SSSR count). The second-order valence-corrected chi connectivity index (χ2v) is 3.64. The summed E-state index contributed by atoms with van der Waals surface area (Å²) in [6.45, 7) is 4.01. The first-order valence-corrected chi connectivity index (χ1v) is 5.01. The van der Waals surface area contributed by atoms with Crippen LogP contribution in [0.5, 0.6) is 5.88 Å². The average Bonchev–Trinajstić information content (AvgIpc) is 2.72. The van der Waals surface area contributed by atoms with Crippen LogP contribution < -0.4 is 4.74 Å². The molecule has 0 bridgehead atoms. The summed E-state index contributed by atoms with van der Waals surface area (Å²) in [5.74, 6) is 0.330. The normalized spacial score (nSPS) is 10.6. The van der Waals surface area contributed by atoms with Crippen molar-refractivity contribution in [2.45, 2.75) is 19.9 Å². The van der Waals surface area contributed by atoms with Crippen LogP contribution in [0, 0.1) is 0 Å². The van der Waals surface area contributed by atoms with Crippen LogP contribution in [0.4, 0.5) is 5.95 Å². The molecule has 8 nitrogen and oxygen atoms in total. The number of hydrogen-bond acceptors (Lipinski definition) is 5. The van der Waals surface area contributed by atoms with Gasteiger partial charge in [-0.2, -0.15) is 4.98 Å². The molecule has 0 aliphatic carbocycles. The molecule has 0 aliphatic rings. The zero-order chi connectivity index (χ0) is 12.4. The van der Waals surface area contributed by atoms with Crippen molar-refractivity contribution in [2.75, 3.05) is 7.11 Å². The SMILES string of the molecule is COc1nc(N=[N+]=[N-])nc2c1ncn2C(C)C. The summed E-state index contributed by atoms with van der Waals surface area (Å²) in [6.07, 6.45) is 1.66. The lowest BCUT2D eigenvalue weighted by Gasteiger charge is -2.07. The monoisotopic (exact) mass is 233 g/mol. The molecule has 17 heavy (non-hydrogen) atoms. The van der Waals surface area contributed by atoms with Gasteiger partial charge in [-0.3, -0.25) is 0 Å². The second-order valence-electron chi connectivity index (χ2n) is 3.64. The predicted octanol–water partition coefficient (Wildman–Crippen LogP) is 2.36. The van der Waals surface area contributed by atoms with E-state index >= 15 is 0 Å². The number of ether oxygens (including phenoxy) is 1. The van der Waals surface area contributed by atoms with E-state index in [-0.39, 0.29) is 12.0 Å². The Morgan fingerprint density at radius 2 is 2.24 bits per heavy atom. The second kappa shape index (κ2) is 4.26. The van der Waals surface area contributed by atoms with E-state index in [9.17, 15) is 0 Å². The number of aromatic nitrogens is 4. The lowest BCUT2D eigenvalue weighted by atomic mass is 10.4. The number of nitrogens with zero attached hydrogens (tertiary/aromatic N) is 7. The van der Waals surface area contributed by atoms with Crippen LogP contribution in [0.1, 0.15) is 19.9 Å². The maximum absolute atomic E-state index is 8.40. The zero-order valence-corrected chi connectivity index (χ0v) is 9.69. The summed E-state index contributed by atoms with van der Waals surface area (Å²) in [7, 11) is 1.48. The van der Waals surface area contributed by atoms with Gasteiger partial charge in [-0.1, -0.05) is 0 Å². The highest BCUT2D eigenvalue weighted by Gasteiger charge is 2.14. The Morgan fingerprint density at radius 3 is 2.82 bits per heavy atom. The van der Waals surface area contributed by atoms with Crippen molar-refractivity contribution in [1.82, 2.24) is 19.5 Å². The first-order chi connectivity index (χ1) is 8.17. The van der Waals surface area contributed by atoms with E-state index in [2.05, 4.69) is 25.0 Å². The van der Waals surface area contributed by atoms with Crippen molar-refractivity contribution in [1.29, 1.82) is 0 Å². The van der Waals surface area contributed by atoms with Gasteiger partial charge in [0.1, 0.15) is 0 Å². The first-order valence-electron chi connectivity index (χ1n) is 5.01. The van der Waals surface area contributed by atoms with Crippen LogP contribution in [0.2, 0.25) is 0 Å². The number of fused-ring (bicyclic) bond motifs is 1. The number of azide groups is 1. The Morgan fingerprint density at radius 1 is 1.47 bits per heavy atom. The molecule has 0 amide bonds. The quantitative estimate of drug-likeness (QED) is 0.461. The largest absolute Gasteiger partial charge is 0.479 e. The van der Waals surface area contributed by atoms with Gasteiger partial charge < -0.3 is 9.30 Å². The van der Waals surface area contributed by atoms with Crippen molar-refractivity contribution in [2.24, 2.45) is 5.11 Å². The molecule has 2 aromatic heterocycles. The van der Waals surface area contributed by atoms with E-state index in [0.29, 0.717) is 17.0 Å². The number of imidazole rings is 1. The topological polar surface area (TPSA) is 102 Å². The molecule has 0 saturated heterocycles. The Labute approximate surface area is 96.9 Å². The fourth-order valence-electron chi connectivity index (χ4n) is 1.48. The molecule has 0 spiro atoms. The van der Waals surface area contributed by atoms with Crippen molar-refractivity contribution in [3.8, 4) is 5.88 Å². The van der Waals surface area contributed by atoms with Crippen molar-refractivity contribution in [3.63, 3.8) is 0 Å². The standard InChI is InChI=1S/C9H11N7O/c1-5(2)16-4-11-6-7(16)12-9(14-15-10)13-8(6)17-3/h4-5H,1-3H3. The highest BCUT2D eigenvalue weighted by atomic mass is 16.5.